The molecule has 0 amide bonds. The number of rotatable bonds is 18. The van der Waals surface area contributed by atoms with Crippen LogP contribution >= 0.6 is 0 Å². The summed E-state index contributed by atoms with van der Waals surface area (Å²) < 4.78 is 5.12. The Labute approximate surface area is 320 Å². The molecule has 4 heterocycles. The minimum absolute atomic E-state index is 0.323. The third-order valence-electron chi connectivity index (χ3n) is 9.52. The van der Waals surface area contributed by atoms with Crippen molar-refractivity contribution in [2.45, 2.75) is 123 Å². The van der Waals surface area contributed by atoms with Crippen LogP contribution in [0.25, 0.3) is 11.2 Å². The molecule has 4 N–H and O–H groups in total. The molecule has 0 unspecified atom stereocenters. The molecule has 0 aliphatic rings. The van der Waals surface area contributed by atoms with E-state index < -0.39 is 0 Å². The number of unbranched alkanes of at least 4 members (excludes halogenated alkanes) is 12. The van der Waals surface area contributed by atoms with Crippen LogP contribution in [-0.4, -0.2) is 38.6 Å². The maximum Gasteiger partial charge on any atom is 0.328 e. The van der Waals surface area contributed by atoms with Crippen molar-refractivity contribution in [2.75, 3.05) is 5.73 Å². The van der Waals surface area contributed by atoms with Gasteiger partial charge in [-0.1, -0.05) is 75.0 Å². The van der Waals surface area contributed by atoms with Gasteiger partial charge in [0.25, 0.3) is 11.1 Å². The predicted molar refractivity (Wildman–Crippen MR) is 216 cm³/mol. The molecule has 0 fully saturated rings. The maximum atomic E-state index is 12.0. The molecule has 5 rings (SSSR count). The van der Waals surface area contributed by atoms with Crippen LogP contribution in [0.2, 0.25) is 0 Å². The molecule has 0 radical (unpaired) electrons. The molecule has 0 aliphatic carbocycles. The summed E-state index contributed by atoms with van der Waals surface area (Å²) in [6, 6.07) is 6.25. The van der Waals surface area contributed by atoms with Crippen LogP contribution in [0, 0.1) is 37.5 Å². The second-order valence-electron chi connectivity index (χ2n) is 14.1. The van der Waals surface area contributed by atoms with Gasteiger partial charge in [-0.3, -0.25) is 19.6 Å². The molecule has 288 valence electrons. The van der Waals surface area contributed by atoms with Gasteiger partial charge in [0.1, 0.15) is 11.8 Å². The highest BCUT2D eigenvalue weighted by atomic mass is 16.2. The van der Waals surface area contributed by atoms with Crippen molar-refractivity contribution in [3.05, 3.63) is 113 Å². The quantitative estimate of drug-likeness (QED) is 0.0795. The Bertz CT molecular complexity index is 2300. The Kier molecular flexibility index (Phi) is 15.0. The van der Waals surface area contributed by atoms with Crippen LogP contribution < -0.4 is 28.2 Å². The molecule has 1 aromatic carbocycles. The number of nitrogen functional groups attached to an aromatic ring is 1. The smallest absolute Gasteiger partial charge is 0.328 e. The Morgan fingerprint density at radius 1 is 0.618 bits per heavy atom. The number of hydrogen-bond acceptors (Lipinski definition) is 8. The van der Waals surface area contributed by atoms with Gasteiger partial charge in [0, 0.05) is 60.6 Å². The number of nitrogens with one attached hydrogen (secondary N) is 2. The molecule has 13 nitrogen and oxygen atoms in total. The van der Waals surface area contributed by atoms with Crippen molar-refractivity contribution >= 4 is 17.0 Å². The lowest BCUT2D eigenvalue weighted by atomic mass is 10.0. The maximum absolute atomic E-state index is 12.0. The number of nitrogens with two attached hydrogens (primary N) is 1. The fraction of sp³-hybridized carbons (Fsp3) is 0.452. The van der Waals surface area contributed by atoms with Crippen molar-refractivity contribution in [3.8, 4) is 23.7 Å². The van der Waals surface area contributed by atoms with Crippen LogP contribution in [0.1, 0.15) is 118 Å². The minimum atomic E-state index is -0.346. The SMILES string of the molecule is Cc1cn(CCCCCCCCC#Cc2cc(C#CCCCCCCCCn3cc(C)c(=O)[nH]c3=O)cc(Cn3cnc4c(N)ncnc43)c2)c(=O)[nH]c1=O. The summed E-state index contributed by atoms with van der Waals surface area (Å²) in [4.78, 5) is 64.6. The molecule has 0 bridgehead atoms. The third kappa shape index (κ3) is 12.3. The molecule has 5 aromatic rings. The fourth-order valence-electron chi connectivity index (χ4n) is 6.44. The number of aromatic nitrogens is 8. The summed E-state index contributed by atoms with van der Waals surface area (Å²) in [6.45, 7) is 5.19. The molecule has 13 heteroatoms. The van der Waals surface area contributed by atoms with E-state index >= 15 is 0 Å². The number of hydrogen-bond donors (Lipinski definition) is 3. The molecule has 0 saturated carbocycles. The van der Waals surface area contributed by atoms with Gasteiger partial charge in [-0.25, -0.2) is 24.5 Å². The lowest BCUT2D eigenvalue weighted by Crippen LogP contribution is -2.30. The summed E-state index contributed by atoms with van der Waals surface area (Å²) in [5, 5.41) is 0. The fourth-order valence-corrected chi connectivity index (χ4v) is 6.44. The highest BCUT2D eigenvalue weighted by molar-refractivity contribution is 5.81. The van der Waals surface area contributed by atoms with E-state index in [0.29, 0.717) is 47.7 Å². The Morgan fingerprint density at radius 2 is 1.11 bits per heavy atom. The largest absolute Gasteiger partial charge is 0.382 e. The first-order chi connectivity index (χ1) is 26.7. The van der Waals surface area contributed by atoms with Gasteiger partial charge in [-0.15, -0.1) is 0 Å². The van der Waals surface area contributed by atoms with E-state index in [9.17, 15) is 19.2 Å². The number of H-pyrrole nitrogens is 2. The Hall–Kier alpha value is -5.95. The molecule has 0 spiro atoms. The zero-order valence-corrected chi connectivity index (χ0v) is 32.0. The monoisotopic (exact) mass is 745 g/mol. The molecule has 0 saturated heterocycles. The molecule has 0 aliphatic heterocycles. The third-order valence-corrected chi connectivity index (χ3v) is 9.52. The molecular formula is C42H51N9O4. The number of nitrogens with zero attached hydrogens (tertiary/aromatic N) is 6. The first-order valence-electron chi connectivity index (χ1n) is 19.3. The number of imidazole rings is 1. The van der Waals surface area contributed by atoms with Crippen molar-refractivity contribution in [3.63, 3.8) is 0 Å². The van der Waals surface area contributed by atoms with E-state index in [1.165, 1.54) is 6.33 Å². The van der Waals surface area contributed by atoms with E-state index in [1.807, 2.05) is 4.57 Å². The predicted octanol–water partition coefficient (Wildman–Crippen LogP) is 5.34. The van der Waals surface area contributed by atoms with Crippen LogP contribution in [0.5, 0.6) is 0 Å². The molecule has 0 atom stereocenters. The normalized spacial score (nSPS) is 10.9. The average Bonchev–Trinajstić information content (AvgIpc) is 3.57. The average molecular weight is 746 g/mol. The van der Waals surface area contributed by atoms with E-state index in [2.05, 4.69) is 66.8 Å². The van der Waals surface area contributed by atoms with Crippen molar-refractivity contribution in [1.82, 2.24) is 38.6 Å². The number of aryl methyl sites for hydroxylation is 4. The van der Waals surface area contributed by atoms with Gasteiger partial charge in [-0.05, 0) is 63.3 Å². The van der Waals surface area contributed by atoms with E-state index in [-0.39, 0.29) is 22.5 Å². The second kappa shape index (κ2) is 20.5. The van der Waals surface area contributed by atoms with Crippen molar-refractivity contribution < 1.29 is 0 Å². The summed E-state index contributed by atoms with van der Waals surface area (Å²) >= 11 is 0. The van der Waals surface area contributed by atoms with E-state index in [4.69, 9.17) is 5.73 Å². The molecular weight excluding hydrogens is 695 g/mol. The zero-order valence-electron chi connectivity index (χ0n) is 32.0. The summed E-state index contributed by atoms with van der Waals surface area (Å²) in [6.07, 6.45) is 20.6. The van der Waals surface area contributed by atoms with Crippen molar-refractivity contribution in [2.24, 2.45) is 0 Å². The van der Waals surface area contributed by atoms with Crippen LogP contribution in [0.4, 0.5) is 5.82 Å². The Balaban J connectivity index is 1.08. The highest BCUT2D eigenvalue weighted by Gasteiger charge is 2.09. The van der Waals surface area contributed by atoms with Gasteiger partial charge < -0.3 is 19.4 Å². The topological polar surface area (TPSA) is 179 Å². The van der Waals surface area contributed by atoms with Crippen LogP contribution in [0.15, 0.2) is 62.4 Å². The lowest BCUT2D eigenvalue weighted by Gasteiger charge is -2.06. The highest BCUT2D eigenvalue weighted by Crippen LogP contribution is 2.18. The summed E-state index contributed by atoms with van der Waals surface area (Å²) in [5.74, 6) is 13.8. The number of anilines is 1. The number of aromatic amines is 2. The Morgan fingerprint density at radius 3 is 1.64 bits per heavy atom. The van der Waals surface area contributed by atoms with E-state index in [0.717, 1.165) is 107 Å². The van der Waals surface area contributed by atoms with Gasteiger partial charge in [0.2, 0.25) is 0 Å². The van der Waals surface area contributed by atoms with Gasteiger partial charge in [0.05, 0.1) is 12.9 Å². The lowest BCUT2D eigenvalue weighted by molar-refractivity contribution is 0.538. The first-order valence-corrected chi connectivity index (χ1v) is 19.3. The van der Waals surface area contributed by atoms with Gasteiger partial charge in [0.15, 0.2) is 11.5 Å². The summed E-state index contributed by atoms with van der Waals surface area (Å²) in [5.41, 5.74) is 9.93. The molecule has 55 heavy (non-hydrogen) atoms. The van der Waals surface area contributed by atoms with Crippen molar-refractivity contribution in [1.29, 1.82) is 0 Å². The van der Waals surface area contributed by atoms with Crippen LogP contribution in [0.3, 0.4) is 0 Å². The standard InChI is InChI=1S/C42H51N9O4/c1-31-26-49(41(54)47-39(31)52)21-17-13-9-5-3-7-11-15-19-33-23-34(25-35(24-33)28-51-30-46-36-37(43)44-29-45-38(36)51)20-16-12-8-4-6-10-14-18-22-50-27-32(2)40(53)48-42(50)55/h23-27,29-30H,3-14,17-18,21-22,28H2,1-2H3,(H2,43,44,45)(H,47,52,54)(H,48,53,55). The van der Waals surface area contributed by atoms with E-state index in [1.54, 1.807) is 41.7 Å². The zero-order chi connectivity index (χ0) is 39.0. The van der Waals surface area contributed by atoms with Gasteiger partial charge >= 0.3 is 11.4 Å². The molecule has 4 aromatic heterocycles. The minimum Gasteiger partial charge on any atom is -0.382 e. The summed E-state index contributed by atoms with van der Waals surface area (Å²) in [7, 11) is 0. The number of fused-ring (bicyclic) bond motifs is 1. The number of benzene rings is 1. The second-order valence-corrected chi connectivity index (χ2v) is 14.1. The first kappa shape index (κ1) is 40.2. The van der Waals surface area contributed by atoms with Gasteiger partial charge in [-0.2, -0.15) is 0 Å². The van der Waals surface area contributed by atoms with Crippen LogP contribution in [-0.2, 0) is 19.6 Å².